The SMILES string of the molecule is CCc1c(C)nn(-c2ccc(N)c(N)n2)c1C. The predicted molar refractivity (Wildman–Crippen MR) is 69.0 cm³/mol. The van der Waals surface area contributed by atoms with E-state index in [2.05, 4.69) is 17.0 Å². The molecule has 0 aliphatic carbocycles. The predicted octanol–water partition coefficient (Wildman–Crippen LogP) is 1.61. The minimum absolute atomic E-state index is 0.341. The molecule has 0 saturated carbocycles. The number of rotatable bonds is 2. The van der Waals surface area contributed by atoms with Gasteiger partial charge in [-0.2, -0.15) is 5.10 Å². The number of nitrogens with two attached hydrogens (primary N) is 2. The van der Waals surface area contributed by atoms with Crippen molar-refractivity contribution >= 4 is 11.5 Å². The van der Waals surface area contributed by atoms with Gasteiger partial charge in [0.15, 0.2) is 5.82 Å². The van der Waals surface area contributed by atoms with Crippen LogP contribution >= 0.6 is 0 Å². The molecule has 0 aromatic carbocycles. The summed E-state index contributed by atoms with van der Waals surface area (Å²) < 4.78 is 1.81. The van der Waals surface area contributed by atoms with Crippen LogP contribution in [0.2, 0.25) is 0 Å². The van der Waals surface area contributed by atoms with E-state index in [0.29, 0.717) is 17.3 Å². The van der Waals surface area contributed by atoms with Crippen molar-refractivity contribution in [3.63, 3.8) is 0 Å². The molecule has 0 amide bonds. The Balaban J connectivity index is 2.57. The Bertz CT molecular complexity index is 556. The van der Waals surface area contributed by atoms with Gasteiger partial charge in [-0.15, -0.1) is 0 Å². The number of aromatic nitrogens is 3. The number of aryl methyl sites for hydroxylation is 1. The van der Waals surface area contributed by atoms with Gasteiger partial charge in [0.25, 0.3) is 0 Å². The first-order valence-corrected chi connectivity index (χ1v) is 5.62. The van der Waals surface area contributed by atoms with Gasteiger partial charge in [0.2, 0.25) is 0 Å². The molecule has 0 radical (unpaired) electrons. The number of hydrogen-bond acceptors (Lipinski definition) is 4. The molecule has 2 aromatic rings. The molecule has 90 valence electrons. The maximum Gasteiger partial charge on any atom is 0.156 e. The lowest BCUT2D eigenvalue weighted by Gasteiger charge is -2.06. The zero-order chi connectivity index (χ0) is 12.6. The Hall–Kier alpha value is -2.04. The average Bonchev–Trinajstić information content (AvgIpc) is 2.58. The second-order valence-electron chi connectivity index (χ2n) is 4.06. The highest BCUT2D eigenvalue weighted by molar-refractivity contribution is 5.59. The van der Waals surface area contributed by atoms with Crippen molar-refractivity contribution in [3.05, 3.63) is 29.1 Å². The Morgan fingerprint density at radius 2 is 1.94 bits per heavy atom. The molecule has 0 spiro atoms. The molecule has 5 nitrogen and oxygen atoms in total. The molecule has 0 aliphatic heterocycles. The van der Waals surface area contributed by atoms with Crippen LogP contribution in [0.5, 0.6) is 0 Å². The van der Waals surface area contributed by atoms with Crippen molar-refractivity contribution in [2.75, 3.05) is 11.5 Å². The van der Waals surface area contributed by atoms with Crippen LogP contribution in [0.15, 0.2) is 12.1 Å². The Morgan fingerprint density at radius 3 is 2.47 bits per heavy atom. The molecule has 2 rings (SSSR count). The highest BCUT2D eigenvalue weighted by Crippen LogP contribution is 2.19. The fourth-order valence-corrected chi connectivity index (χ4v) is 2.00. The second-order valence-corrected chi connectivity index (χ2v) is 4.06. The smallest absolute Gasteiger partial charge is 0.156 e. The van der Waals surface area contributed by atoms with E-state index in [1.165, 1.54) is 5.56 Å². The lowest BCUT2D eigenvalue weighted by atomic mass is 10.1. The van der Waals surface area contributed by atoms with E-state index in [0.717, 1.165) is 17.8 Å². The van der Waals surface area contributed by atoms with Crippen LogP contribution in [-0.4, -0.2) is 14.8 Å². The summed E-state index contributed by atoms with van der Waals surface area (Å²) in [7, 11) is 0. The van der Waals surface area contributed by atoms with E-state index in [9.17, 15) is 0 Å². The monoisotopic (exact) mass is 231 g/mol. The number of nitrogens with zero attached hydrogens (tertiary/aromatic N) is 3. The van der Waals surface area contributed by atoms with Gasteiger partial charge in [0, 0.05) is 5.69 Å². The van der Waals surface area contributed by atoms with Crippen molar-refractivity contribution in [2.24, 2.45) is 0 Å². The average molecular weight is 231 g/mol. The molecule has 0 unspecified atom stereocenters. The van der Waals surface area contributed by atoms with Crippen LogP contribution in [-0.2, 0) is 6.42 Å². The number of anilines is 2. The topological polar surface area (TPSA) is 82.8 Å². The molecular formula is C12H17N5. The molecule has 0 aliphatic rings. The molecule has 2 aromatic heterocycles. The third kappa shape index (κ3) is 1.84. The maximum atomic E-state index is 5.71. The van der Waals surface area contributed by atoms with Gasteiger partial charge in [0.05, 0.1) is 11.4 Å². The maximum absolute atomic E-state index is 5.71. The number of hydrogen-bond donors (Lipinski definition) is 2. The number of nitrogen functional groups attached to an aromatic ring is 2. The van der Waals surface area contributed by atoms with Crippen molar-refractivity contribution in [3.8, 4) is 5.82 Å². The lowest BCUT2D eigenvalue weighted by Crippen LogP contribution is -2.06. The zero-order valence-corrected chi connectivity index (χ0v) is 10.4. The molecule has 0 saturated heterocycles. The first-order chi connectivity index (χ1) is 8.04. The molecule has 0 bridgehead atoms. The highest BCUT2D eigenvalue weighted by Gasteiger charge is 2.12. The molecular weight excluding hydrogens is 214 g/mol. The summed E-state index contributed by atoms with van der Waals surface area (Å²) in [5.41, 5.74) is 15.2. The fraction of sp³-hybridized carbons (Fsp3) is 0.333. The first kappa shape index (κ1) is 11.4. The molecule has 5 heteroatoms. The molecule has 0 fully saturated rings. The van der Waals surface area contributed by atoms with E-state index < -0.39 is 0 Å². The normalized spacial score (nSPS) is 10.8. The Labute approximate surface area is 100 Å². The van der Waals surface area contributed by atoms with Gasteiger partial charge in [-0.05, 0) is 38.0 Å². The second kappa shape index (κ2) is 4.08. The summed E-state index contributed by atoms with van der Waals surface area (Å²) in [5, 5.41) is 4.48. The van der Waals surface area contributed by atoms with Crippen LogP contribution in [0.25, 0.3) is 5.82 Å². The van der Waals surface area contributed by atoms with E-state index in [1.54, 1.807) is 6.07 Å². The quantitative estimate of drug-likeness (QED) is 0.822. The Kier molecular flexibility index (Phi) is 2.75. The largest absolute Gasteiger partial charge is 0.396 e. The van der Waals surface area contributed by atoms with Gasteiger partial charge < -0.3 is 11.5 Å². The van der Waals surface area contributed by atoms with Gasteiger partial charge >= 0.3 is 0 Å². The van der Waals surface area contributed by atoms with Gasteiger partial charge in [-0.3, -0.25) is 0 Å². The molecule has 17 heavy (non-hydrogen) atoms. The summed E-state index contributed by atoms with van der Waals surface area (Å²) in [6, 6.07) is 3.57. The lowest BCUT2D eigenvalue weighted by molar-refractivity contribution is 0.807. The van der Waals surface area contributed by atoms with Crippen molar-refractivity contribution in [1.29, 1.82) is 0 Å². The van der Waals surface area contributed by atoms with E-state index in [-0.39, 0.29) is 0 Å². The first-order valence-electron chi connectivity index (χ1n) is 5.62. The highest BCUT2D eigenvalue weighted by atomic mass is 15.3. The summed E-state index contributed by atoms with van der Waals surface area (Å²) in [5.74, 6) is 1.05. The van der Waals surface area contributed by atoms with Crippen molar-refractivity contribution in [2.45, 2.75) is 27.2 Å². The van der Waals surface area contributed by atoms with Crippen LogP contribution in [0.4, 0.5) is 11.5 Å². The van der Waals surface area contributed by atoms with Crippen molar-refractivity contribution < 1.29 is 0 Å². The molecule has 0 atom stereocenters. The summed E-state index contributed by atoms with van der Waals surface area (Å²) in [4.78, 5) is 4.25. The zero-order valence-electron chi connectivity index (χ0n) is 10.4. The van der Waals surface area contributed by atoms with E-state index in [4.69, 9.17) is 11.5 Å². The van der Waals surface area contributed by atoms with Gasteiger partial charge in [-0.1, -0.05) is 6.92 Å². The van der Waals surface area contributed by atoms with Crippen molar-refractivity contribution in [1.82, 2.24) is 14.8 Å². The Morgan fingerprint density at radius 1 is 1.24 bits per heavy atom. The summed E-state index contributed by atoms with van der Waals surface area (Å²) in [6.45, 7) is 6.15. The molecule has 4 N–H and O–H groups in total. The van der Waals surface area contributed by atoms with E-state index in [1.807, 2.05) is 24.6 Å². The third-order valence-corrected chi connectivity index (χ3v) is 2.95. The van der Waals surface area contributed by atoms with Gasteiger partial charge in [0.1, 0.15) is 5.82 Å². The third-order valence-electron chi connectivity index (χ3n) is 2.95. The minimum atomic E-state index is 0.341. The molecule has 2 heterocycles. The standard InChI is InChI=1S/C12H17N5/c1-4-9-7(2)16-17(8(9)3)11-6-5-10(13)12(14)15-11/h5-6H,4,13H2,1-3H3,(H2,14,15). The summed E-state index contributed by atoms with van der Waals surface area (Å²) in [6.07, 6.45) is 0.960. The minimum Gasteiger partial charge on any atom is -0.396 e. The summed E-state index contributed by atoms with van der Waals surface area (Å²) >= 11 is 0. The van der Waals surface area contributed by atoms with Crippen LogP contribution in [0, 0.1) is 13.8 Å². The van der Waals surface area contributed by atoms with Gasteiger partial charge in [-0.25, -0.2) is 9.67 Å². The fourth-order valence-electron chi connectivity index (χ4n) is 2.00. The number of pyridine rings is 1. The van der Waals surface area contributed by atoms with E-state index >= 15 is 0 Å². The van der Waals surface area contributed by atoms with Crippen LogP contribution < -0.4 is 11.5 Å². The van der Waals surface area contributed by atoms with Crippen LogP contribution in [0.1, 0.15) is 23.9 Å². The van der Waals surface area contributed by atoms with Crippen LogP contribution in [0.3, 0.4) is 0 Å².